The smallest absolute Gasteiger partial charge is 0.250 e. The molecule has 0 aliphatic heterocycles. The van der Waals surface area contributed by atoms with Crippen LogP contribution < -0.4 is 16.9 Å². The van der Waals surface area contributed by atoms with Crippen molar-refractivity contribution in [1.82, 2.24) is 15.0 Å². The molecule has 0 saturated heterocycles. The molecule has 0 aliphatic rings. The summed E-state index contributed by atoms with van der Waals surface area (Å²) < 4.78 is 5.07. The van der Waals surface area contributed by atoms with E-state index in [1.54, 1.807) is 6.07 Å². The number of aromatic nitrogens is 3. The van der Waals surface area contributed by atoms with Crippen LogP contribution in [0.5, 0.6) is 0 Å². The van der Waals surface area contributed by atoms with Crippen LogP contribution in [-0.2, 0) is 0 Å². The van der Waals surface area contributed by atoms with Crippen molar-refractivity contribution in [3.63, 3.8) is 0 Å². The quantitative estimate of drug-likeness (QED) is 0.501. The maximum Gasteiger partial charge on any atom is 0.250 e. The van der Waals surface area contributed by atoms with Crippen LogP contribution in [0.15, 0.2) is 21.7 Å². The van der Waals surface area contributed by atoms with Gasteiger partial charge in [0.15, 0.2) is 0 Å². The van der Waals surface area contributed by atoms with Gasteiger partial charge in [0.25, 0.3) is 0 Å². The second-order valence-electron chi connectivity index (χ2n) is 3.06. The van der Waals surface area contributed by atoms with Crippen LogP contribution in [0.4, 0.5) is 17.8 Å². The molecule has 2 aromatic heterocycles. The van der Waals surface area contributed by atoms with Crippen molar-refractivity contribution in [2.75, 3.05) is 16.9 Å². The summed E-state index contributed by atoms with van der Waals surface area (Å²) in [7, 11) is 0. The Morgan fingerprint density at radius 2 is 2.00 bits per heavy atom. The van der Waals surface area contributed by atoms with Gasteiger partial charge in [0.1, 0.15) is 11.8 Å². The maximum absolute atomic E-state index is 8.56. The van der Waals surface area contributed by atoms with Gasteiger partial charge in [0.05, 0.1) is 6.21 Å². The summed E-state index contributed by atoms with van der Waals surface area (Å²) in [5, 5.41) is 12.4. The van der Waals surface area contributed by atoms with E-state index in [0.29, 0.717) is 5.76 Å². The predicted octanol–water partition coefficient (Wildman–Crippen LogP) is -0.0533. The predicted molar refractivity (Wildman–Crippen MR) is 63.3 cm³/mol. The van der Waals surface area contributed by atoms with Crippen molar-refractivity contribution in [2.45, 2.75) is 0 Å². The van der Waals surface area contributed by atoms with E-state index in [9.17, 15) is 0 Å². The summed E-state index contributed by atoms with van der Waals surface area (Å²) in [6, 6.07) is 4.98. The van der Waals surface area contributed by atoms with Gasteiger partial charge >= 0.3 is 0 Å². The number of hydrazone groups is 1. The van der Waals surface area contributed by atoms with E-state index < -0.39 is 0 Å². The third-order valence-corrected chi connectivity index (χ3v) is 1.76. The minimum absolute atomic E-state index is 0.00929. The lowest BCUT2D eigenvalue weighted by atomic mass is 10.4. The molecular formula is C9H8N8O. The number of nitriles is 1. The van der Waals surface area contributed by atoms with Gasteiger partial charge in [-0.1, -0.05) is 0 Å². The largest absolute Gasteiger partial charge is 0.445 e. The zero-order valence-electron chi connectivity index (χ0n) is 9.03. The fourth-order valence-electron chi connectivity index (χ4n) is 1.10. The summed E-state index contributed by atoms with van der Waals surface area (Å²) in [5.74, 6) is 0.706. The van der Waals surface area contributed by atoms with E-state index in [1.807, 2.05) is 6.07 Å². The Labute approximate surface area is 101 Å². The Bertz CT molecular complexity index is 605. The molecule has 0 radical (unpaired) electrons. The fourth-order valence-corrected chi connectivity index (χ4v) is 1.10. The topological polar surface area (TPSA) is 152 Å². The van der Waals surface area contributed by atoms with Crippen LogP contribution in [0.25, 0.3) is 0 Å². The molecular weight excluding hydrogens is 236 g/mol. The SMILES string of the molecule is N#Cc1ccc(/C=N/Nc2nc(N)nc(N)n2)o1. The molecule has 0 aliphatic carbocycles. The van der Waals surface area contributed by atoms with E-state index >= 15 is 0 Å². The molecule has 9 heteroatoms. The second-order valence-corrected chi connectivity index (χ2v) is 3.06. The minimum atomic E-state index is -0.00929. The Morgan fingerprint density at radius 3 is 2.61 bits per heavy atom. The summed E-state index contributed by atoms with van der Waals surface area (Å²) in [5.41, 5.74) is 13.3. The van der Waals surface area contributed by atoms with Gasteiger partial charge in [-0.3, -0.25) is 0 Å². The minimum Gasteiger partial charge on any atom is -0.445 e. The first kappa shape index (κ1) is 11.3. The Hall–Kier alpha value is -3.15. The van der Waals surface area contributed by atoms with Gasteiger partial charge in [0.2, 0.25) is 23.6 Å². The lowest BCUT2D eigenvalue weighted by Crippen LogP contribution is -2.06. The van der Waals surface area contributed by atoms with Crippen molar-refractivity contribution in [3.05, 3.63) is 23.7 Å². The fraction of sp³-hybridized carbons (Fsp3) is 0. The number of rotatable bonds is 3. The highest BCUT2D eigenvalue weighted by Gasteiger charge is 2.00. The van der Waals surface area contributed by atoms with Gasteiger partial charge in [0, 0.05) is 0 Å². The Morgan fingerprint density at radius 1 is 1.28 bits per heavy atom. The van der Waals surface area contributed by atoms with Crippen LogP contribution in [0.1, 0.15) is 11.5 Å². The molecule has 0 saturated carbocycles. The molecule has 90 valence electrons. The molecule has 2 rings (SSSR count). The number of furan rings is 1. The van der Waals surface area contributed by atoms with Crippen LogP contribution in [0.2, 0.25) is 0 Å². The van der Waals surface area contributed by atoms with Crippen molar-refractivity contribution < 1.29 is 4.42 Å². The first-order chi connectivity index (χ1) is 8.67. The van der Waals surface area contributed by atoms with E-state index in [0.717, 1.165) is 0 Å². The van der Waals surface area contributed by atoms with Gasteiger partial charge < -0.3 is 15.9 Å². The van der Waals surface area contributed by atoms with Crippen LogP contribution in [-0.4, -0.2) is 21.2 Å². The molecule has 0 atom stereocenters. The lowest BCUT2D eigenvalue weighted by molar-refractivity contribution is 0.546. The van der Waals surface area contributed by atoms with Gasteiger partial charge in [-0.15, -0.1) is 0 Å². The van der Waals surface area contributed by atoms with Gasteiger partial charge in [-0.25, -0.2) is 5.43 Å². The van der Waals surface area contributed by atoms with Crippen molar-refractivity contribution in [1.29, 1.82) is 5.26 Å². The van der Waals surface area contributed by atoms with E-state index in [-0.39, 0.29) is 23.6 Å². The third kappa shape index (κ3) is 2.70. The molecule has 0 unspecified atom stereocenters. The highest BCUT2D eigenvalue weighted by atomic mass is 16.3. The zero-order chi connectivity index (χ0) is 13.0. The lowest BCUT2D eigenvalue weighted by Gasteiger charge is -1.99. The monoisotopic (exact) mass is 244 g/mol. The summed E-state index contributed by atoms with van der Waals surface area (Å²) in [6.45, 7) is 0. The van der Waals surface area contributed by atoms with Gasteiger partial charge in [-0.05, 0) is 12.1 Å². The highest BCUT2D eigenvalue weighted by Crippen LogP contribution is 2.05. The van der Waals surface area contributed by atoms with Crippen LogP contribution in [0.3, 0.4) is 0 Å². The Kier molecular flexibility index (Phi) is 3.02. The molecule has 2 aromatic rings. The summed E-state index contributed by atoms with van der Waals surface area (Å²) in [6.07, 6.45) is 1.36. The van der Waals surface area contributed by atoms with E-state index in [4.69, 9.17) is 21.1 Å². The number of nitrogen functional groups attached to an aromatic ring is 2. The number of hydrogen-bond acceptors (Lipinski definition) is 9. The molecule has 18 heavy (non-hydrogen) atoms. The molecule has 2 heterocycles. The number of anilines is 3. The molecule has 0 amide bonds. The first-order valence-electron chi connectivity index (χ1n) is 4.73. The second kappa shape index (κ2) is 4.79. The molecule has 0 aromatic carbocycles. The molecule has 0 spiro atoms. The maximum atomic E-state index is 8.56. The Balaban J connectivity index is 2.05. The molecule has 0 fully saturated rings. The molecule has 9 nitrogen and oxygen atoms in total. The van der Waals surface area contributed by atoms with Gasteiger partial charge in [-0.2, -0.15) is 25.3 Å². The van der Waals surface area contributed by atoms with E-state index in [1.165, 1.54) is 12.3 Å². The summed E-state index contributed by atoms with van der Waals surface area (Å²) >= 11 is 0. The molecule has 5 N–H and O–H groups in total. The van der Waals surface area contributed by atoms with Crippen LogP contribution in [0, 0.1) is 11.3 Å². The average molecular weight is 244 g/mol. The van der Waals surface area contributed by atoms with Crippen LogP contribution >= 0.6 is 0 Å². The normalized spacial score (nSPS) is 10.4. The molecule has 0 bridgehead atoms. The first-order valence-corrected chi connectivity index (χ1v) is 4.73. The third-order valence-electron chi connectivity index (χ3n) is 1.76. The highest BCUT2D eigenvalue weighted by molar-refractivity contribution is 5.76. The number of nitrogens with one attached hydrogen (secondary N) is 1. The summed E-state index contributed by atoms with van der Waals surface area (Å²) in [4.78, 5) is 11.1. The number of nitrogens with zero attached hydrogens (tertiary/aromatic N) is 5. The van der Waals surface area contributed by atoms with E-state index in [2.05, 4.69) is 25.5 Å². The van der Waals surface area contributed by atoms with Crippen molar-refractivity contribution in [2.24, 2.45) is 5.10 Å². The van der Waals surface area contributed by atoms with Crippen molar-refractivity contribution in [3.8, 4) is 6.07 Å². The van der Waals surface area contributed by atoms with Crippen molar-refractivity contribution >= 4 is 24.1 Å². The average Bonchev–Trinajstić information content (AvgIpc) is 2.76. The zero-order valence-corrected chi connectivity index (χ0v) is 9.03. The number of hydrogen-bond donors (Lipinski definition) is 3. The standard InChI is InChI=1S/C9H8N8O/c10-3-5-1-2-6(18-5)4-13-17-9-15-7(11)14-8(12)16-9/h1-2,4H,(H5,11,12,14,15,16,17)/b13-4+. The number of nitrogens with two attached hydrogens (primary N) is 2.